The summed E-state index contributed by atoms with van der Waals surface area (Å²) in [5.41, 5.74) is 1.58. The van der Waals surface area contributed by atoms with Crippen molar-refractivity contribution in [3.05, 3.63) is 24.3 Å². The maximum absolute atomic E-state index is 11.6. The lowest BCUT2D eigenvalue weighted by Crippen LogP contribution is -2.58. The zero-order chi connectivity index (χ0) is 23.1. The third-order valence-electron chi connectivity index (χ3n) is 6.83. The highest BCUT2D eigenvalue weighted by Crippen LogP contribution is 2.31. The van der Waals surface area contributed by atoms with E-state index >= 15 is 0 Å². The Balaban J connectivity index is 1.32. The van der Waals surface area contributed by atoms with Crippen molar-refractivity contribution in [2.45, 2.75) is 37.3 Å². The van der Waals surface area contributed by atoms with Gasteiger partial charge in [-0.05, 0) is 37.1 Å². The Morgan fingerprint density at radius 1 is 0.882 bits per heavy atom. The zero-order valence-electron chi connectivity index (χ0n) is 19.2. The number of carbonyl (C=O) groups is 1. The molecule has 4 saturated heterocycles. The van der Waals surface area contributed by atoms with Crippen LogP contribution < -0.4 is 25.8 Å². The number of aromatic nitrogens is 3. The summed E-state index contributed by atoms with van der Waals surface area (Å²) < 4.78 is 12.1. The molecule has 4 aliphatic heterocycles. The van der Waals surface area contributed by atoms with Gasteiger partial charge in [-0.15, -0.1) is 0 Å². The van der Waals surface area contributed by atoms with Crippen LogP contribution in [0.4, 0.5) is 22.4 Å². The van der Waals surface area contributed by atoms with Gasteiger partial charge in [-0.25, -0.2) is 4.79 Å². The number of nitrogens with zero attached hydrogens (tertiary/aromatic N) is 5. The fraction of sp³-hybridized carbons (Fsp3) is 0.565. The van der Waals surface area contributed by atoms with Crippen molar-refractivity contribution >= 4 is 23.6 Å². The first-order valence-electron chi connectivity index (χ1n) is 12.0. The summed E-state index contributed by atoms with van der Waals surface area (Å²) in [5.74, 6) is 2.01. The standard InChI is InChI=1S/C23H30N8O3/c1-24-23(32)26-15-4-2-14(3-5-15)20-27-21(30-10-16-6-7-17(11-30)33-16)29-22(28-20)31-12-18-8-25-9-19(13-31)34-18/h2-5,16-19,25H,6-13H2,1H3,(H2,24,26,32). The van der Waals surface area contributed by atoms with Gasteiger partial charge in [-0.3, -0.25) is 0 Å². The number of hydrogen-bond donors (Lipinski definition) is 3. The zero-order valence-corrected chi connectivity index (χ0v) is 19.2. The maximum atomic E-state index is 11.6. The molecule has 180 valence electrons. The number of nitrogens with one attached hydrogen (secondary N) is 3. The number of amides is 2. The predicted molar refractivity (Wildman–Crippen MR) is 127 cm³/mol. The van der Waals surface area contributed by atoms with E-state index in [1.165, 1.54) is 0 Å². The number of hydrogen-bond acceptors (Lipinski definition) is 9. The third-order valence-corrected chi connectivity index (χ3v) is 6.83. The highest BCUT2D eigenvalue weighted by molar-refractivity contribution is 5.89. The van der Waals surface area contributed by atoms with Gasteiger partial charge in [0.05, 0.1) is 24.4 Å². The minimum absolute atomic E-state index is 0.130. The van der Waals surface area contributed by atoms with E-state index in [2.05, 4.69) is 25.8 Å². The summed E-state index contributed by atoms with van der Waals surface area (Å²) in [7, 11) is 1.59. The lowest BCUT2D eigenvalue weighted by atomic mass is 10.1. The summed E-state index contributed by atoms with van der Waals surface area (Å²) in [6.45, 7) is 4.76. The summed E-state index contributed by atoms with van der Waals surface area (Å²) in [5, 5.41) is 8.78. The van der Waals surface area contributed by atoms with Crippen LogP contribution in [-0.4, -0.2) is 91.7 Å². The topological polar surface area (TPSA) is 117 Å². The van der Waals surface area contributed by atoms with Crippen LogP contribution in [0.15, 0.2) is 24.3 Å². The minimum atomic E-state index is -0.258. The number of anilines is 3. The Bertz CT molecular complexity index is 1030. The highest BCUT2D eigenvalue weighted by atomic mass is 16.5. The number of carbonyl (C=O) groups excluding carboxylic acids is 1. The molecular formula is C23H30N8O3. The summed E-state index contributed by atoms with van der Waals surface area (Å²) in [6.07, 6.45) is 2.92. The fourth-order valence-corrected chi connectivity index (χ4v) is 5.16. The Morgan fingerprint density at radius 3 is 2.03 bits per heavy atom. The van der Waals surface area contributed by atoms with Crippen molar-refractivity contribution < 1.29 is 14.3 Å². The van der Waals surface area contributed by atoms with Crippen molar-refractivity contribution in [2.75, 3.05) is 61.4 Å². The van der Waals surface area contributed by atoms with Crippen molar-refractivity contribution in [2.24, 2.45) is 0 Å². The molecule has 1 aromatic carbocycles. The van der Waals surface area contributed by atoms with Crippen LogP contribution in [-0.2, 0) is 9.47 Å². The SMILES string of the molecule is CNC(=O)Nc1ccc(-c2nc(N3CC4CCC(C3)O4)nc(N3CC4CNCC(C3)O4)n2)cc1. The van der Waals surface area contributed by atoms with Crippen molar-refractivity contribution in [3.63, 3.8) is 0 Å². The Kier molecular flexibility index (Phi) is 5.67. The number of rotatable bonds is 4. The molecule has 4 bridgehead atoms. The molecule has 11 nitrogen and oxygen atoms in total. The van der Waals surface area contributed by atoms with Gasteiger partial charge in [0.1, 0.15) is 0 Å². The normalized spacial score (nSPS) is 28.0. The Labute approximate surface area is 198 Å². The molecule has 0 radical (unpaired) electrons. The summed E-state index contributed by atoms with van der Waals surface area (Å²) in [4.78, 5) is 30.8. The highest BCUT2D eigenvalue weighted by Gasteiger charge is 2.36. The monoisotopic (exact) mass is 466 g/mol. The summed E-state index contributed by atoms with van der Waals surface area (Å²) >= 11 is 0. The molecule has 1 aromatic heterocycles. The van der Waals surface area contributed by atoms with E-state index in [1.807, 2.05) is 24.3 Å². The number of benzene rings is 1. The fourth-order valence-electron chi connectivity index (χ4n) is 5.16. The van der Waals surface area contributed by atoms with Gasteiger partial charge >= 0.3 is 6.03 Å². The van der Waals surface area contributed by atoms with E-state index in [4.69, 9.17) is 24.4 Å². The molecule has 3 N–H and O–H groups in total. The van der Waals surface area contributed by atoms with E-state index in [1.54, 1.807) is 7.05 Å². The molecule has 11 heteroatoms. The minimum Gasteiger partial charge on any atom is -0.371 e. The number of urea groups is 1. The van der Waals surface area contributed by atoms with E-state index in [0.717, 1.165) is 57.7 Å². The van der Waals surface area contributed by atoms with E-state index in [-0.39, 0.29) is 30.4 Å². The van der Waals surface area contributed by atoms with Gasteiger partial charge in [0.25, 0.3) is 0 Å². The molecule has 6 rings (SSSR count). The van der Waals surface area contributed by atoms with E-state index < -0.39 is 0 Å². The second-order valence-corrected chi connectivity index (χ2v) is 9.35. The first-order chi connectivity index (χ1) is 16.6. The number of fused-ring (bicyclic) bond motifs is 4. The smallest absolute Gasteiger partial charge is 0.318 e. The lowest BCUT2D eigenvalue weighted by Gasteiger charge is -2.42. The van der Waals surface area contributed by atoms with Crippen LogP contribution >= 0.6 is 0 Å². The van der Waals surface area contributed by atoms with Gasteiger partial charge in [0.15, 0.2) is 5.82 Å². The van der Waals surface area contributed by atoms with Crippen LogP contribution in [0.2, 0.25) is 0 Å². The van der Waals surface area contributed by atoms with Crippen LogP contribution in [0.25, 0.3) is 11.4 Å². The van der Waals surface area contributed by atoms with Crippen LogP contribution in [0.1, 0.15) is 12.8 Å². The third kappa shape index (κ3) is 4.38. The summed E-state index contributed by atoms with van der Waals surface area (Å²) in [6, 6.07) is 7.30. The Hall–Kier alpha value is -3.02. The number of morpholine rings is 3. The molecule has 0 aliphatic carbocycles. The number of ether oxygens (including phenoxy) is 2. The van der Waals surface area contributed by atoms with Gasteiger partial charge < -0.3 is 35.2 Å². The Morgan fingerprint density at radius 2 is 1.44 bits per heavy atom. The van der Waals surface area contributed by atoms with Crippen molar-refractivity contribution in [3.8, 4) is 11.4 Å². The first kappa shape index (κ1) is 21.5. The van der Waals surface area contributed by atoms with Crippen molar-refractivity contribution in [1.82, 2.24) is 25.6 Å². The quantitative estimate of drug-likeness (QED) is 0.602. The van der Waals surface area contributed by atoms with Crippen molar-refractivity contribution in [1.29, 1.82) is 0 Å². The van der Waals surface area contributed by atoms with E-state index in [0.29, 0.717) is 23.4 Å². The molecule has 34 heavy (non-hydrogen) atoms. The van der Waals surface area contributed by atoms with Gasteiger partial charge in [-0.2, -0.15) is 15.0 Å². The van der Waals surface area contributed by atoms with Gasteiger partial charge in [0, 0.05) is 57.6 Å². The molecule has 2 aromatic rings. The molecule has 4 fully saturated rings. The lowest BCUT2D eigenvalue weighted by molar-refractivity contribution is -0.0488. The van der Waals surface area contributed by atoms with Crippen LogP contribution in [0.3, 0.4) is 0 Å². The van der Waals surface area contributed by atoms with Gasteiger partial charge in [0.2, 0.25) is 11.9 Å². The first-order valence-corrected chi connectivity index (χ1v) is 12.0. The average Bonchev–Trinajstić information content (AvgIpc) is 3.21. The van der Waals surface area contributed by atoms with Crippen LogP contribution in [0, 0.1) is 0 Å². The second-order valence-electron chi connectivity index (χ2n) is 9.35. The average molecular weight is 467 g/mol. The second kappa shape index (κ2) is 8.97. The molecule has 4 aliphatic rings. The maximum Gasteiger partial charge on any atom is 0.318 e. The molecule has 4 atom stereocenters. The molecular weight excluding hydrogens is 436 g/mol. The molecule has 0 spiro atoms. The van der Waals surface area contributed by atoms with E-state index in [9.17, 15) is 4.79 Å². The molecule has 0 saturated carbocycles. The largest absolute Gasteiger partial charge is 0.371 e. The molecule has 2 amide bonds. The molecule has 4 unspecified atom stereocenters. The van der Waals surface area contributed by atoms with Gasteiger partial charge in [-0.1, -0.05) is 0 Å². The predicted octanol–water partition coefficient (Wildman–Crippen LogP) is 0.835. The molecule has 5 heterocycles. The van der Waals surface area contributed by atoms with Crippen LogP contribution in [0.5, 0.6) is 0 Å².